The van der Waals surface area contributed by atoms with Crippen LogP contribution in [0.4, 0.5) is 5.95 Å². The van der Waals surface area contributed by atoms with Crippen molar-refractivity contribution in [3.63, 3.8) is 0 Å². The van der Waals surface area contributed by atoms with Gasteiger partial charge in [-0.05, 0) is 12.8 Å². The van der Waals surface area contributed by atoms with E-state index in [4.69, 9.17) is 41.2 Å². The minimum Gasteiger partial charge on any atom is -0.462 e. The first kappa shape index (κ1) is 45.9. The number of hydrogen-bond donors (Lipinski definition) is 4. The van der Waals surface area contributed by atoms with E-state index in [-0.39, 0.29) is 36.5 Å². The van der Waals surface area contributed by atoms with Crippen LogP contribution in [0, 0.1) is 4.64 Å². The van der Waals surface area contributed by atoms with Gasteiger partial charge in [0.25, 0.3) is 0 Å². The summed E-state index contributed by atoms with van der Waals surface area (Å²) in [6, 6.07) is 0. The number of aliphatic hydroxyl groups is 1. The molecule has 1 aliphatic rings. The van der Waals surface area contributed by atoms with E-state index in [0.717, 1.165) is 38.5 Å². The van der Waals surface area contributed by atoms with Gasteiger partial charge in [-0.15, -0.1) is 0 Å². The van der Waals surface area contributed by atoms with Gasteiger partial charge in [0.05, 0.1) is 25.6 Å². The van der Waals surface area contributed by atoms with Gasteiger partial charge in [0.15, 0.2) is 16.7 Å². The van der Waals surface area contributed by atoms with Crippen LogP contribution >= 0.6 is 20.0 Å². The Morgan fingerprint density at radius 3 is 2.07 bits per heavy atom. The Kier molecular flexibility index (Phi) is 21.8. The number of hydrogen-bond acceptors (Lipinski definition) is 13. The molecule has 0 aliphatic carbocycles. The summed E-state index contributed by atoms with van der Waals surface area (Å²) < 4.78 is 41.9. The number of aromatic nitrogens is 4. The van der Waals surface area contributed by atoms with E-state index in [0.29, 0.717) is 24.0 Å². The number of nitrogens with one attached hydrogen (secondary N) is 1. The van der Waals surface area contributed by atoms with Crippen molar-refractivity contribution < 1.29 is 47.4 Å². The minimum atomic E-state index is -4.72. The highest BCUT2D eigenvalue weighted by atomic mass is 32.1. The molecule has 2 aromatic heterocycles. The van der Waals surface area contributed by atoms with Gasteiger partial charge in [-0.25, -0.2) is 14.5 Å². The van der Waals surface area contributed by atoms with Crippen LogP contribution in [0.1, 0.15) is 155 Å². The van der Waals surface area contributed by atoms with Gasteiger partial charge in [0.1, 0.15) is 30.1 Å². The Bertz CT molecular complexity index is 1490. The van der Waals surface area contributed by atoms with E-state index in [1.165, 1.54) is 70.5 Å². The fourth-order valence-electron chi connectivity index (χ4n) is 6.37. The smallest absolute Gasteiger partial charge is 0.462 e. The molecule has 1 aliphatic heterocycles. The number of unbranched alkanes of at least 4 members (excludes halogenated alkanes) is 16. The maximum absolute atomic E-state index is 12.9. The van der Waals surface area contributed by atoms with Crippen LogP contribution in [0.3, 0.4) is 0 Å². The van der Waals surface area contributed by atoms with Gasteiger partial charge in [-0.1, -0.05) is 129 Å². The molecule has 1 fully saturated rings. The summed E-state index contributed by atoms with van der Waals surface area (Å²) in [5.41, 5.74) is 6.66. The molecule has 5 N–H and O–H groups in total. The number of nitrogens with two attached hydrogens (primary N) is 1. The maximum atomic E-state index is 12.9. The van der Waals surface area contributed by atoms with Crippen LogP contribution in [0.5, 0.6) is 0 Å². The Balaban J connectivity index is 1.45. The van der Waals surface area contributed by atoms with Crippen LogP contribution in [-0.2, 0) is 37.4 Å². The molecule has 15 nitrogen and oxygen atoms in total. The molecular weight excluding hydrogens is 737 g/mol. The highest BCUT2D eigenvalue weighted by Crippen LogP contribution is 2.44. The van der Waals surface area contributed by atoms with E-state index in [1.807, 2.05) is 0 Å². The SMILES string of the molecule is CCCCCCCCCCCC(=O)OC[C@H](COP(=O)(O)OC[C@H]1O[C@@H](n2cnc3c(=S)nc(N)[nH]c32)C[C@@H]1O)OC(=O)CCCCCCCCCCC. The number of ether oxygens (including phenoxy) is 3. The number of rotatable bonds is 30. The Hall–Kier alpha value is -2.46. The van der Waals surface area contributed by atoms with Gasteiger partial charge >= 0.3 is 19.8 Å². The molecule has 0 amide bonds. The van der Waals surface area contributed by atoms with Crippen LogP contribution in [0.15, 0.2) is 6.33 Å². The number of aromatic amines is 1. The molecule has 3 rings (SSSR count). The molecule has 0 spiro atoms. The number of esters is 2. The molecule has 1 saturated heterocycles. The Morgan fingerprint density at radius 1 is 0.926 bits per heavy atom. The predicted molar refractivity (Wildman–Crippen MR) is 208 cm³/mol. The summed E-state index contributed by atoms with van der Waals surface area (Å²) >= 11 is 5.22. The molecule has 0 bridgehead atoms. The lowest BCUT2D eigenvalue weighted by Gasteiger charge is -2.21. The lowest BCUT2D eigenvalue weighted by molar-refractivity contribution is -0.161. The van der Waals surface area contributed by atoms with Crippen LogP contribution in [0.2, 0.25) is 0 Å². The monoisotopic (exact) mass is 801 g/mol. The van der Waals surface area contributed by atoms with Crippen molar-refractivity contribution in [2.75, 3.05) is 25.6 Å². The summed E-state index contributed by atoms with van der Waals surface area (Å²) in [6.07, 6.45) is 18.0. The fourth-order valence-corrected chi connectivity index (χ4v) is 7.38. The summed E-state index contributed by atoms with van der Waals surface area (Å²) in [5.74, 6) is -0.852. The van der Waals surface area contributed by atoms with Crippen molar-refractivity contribution in [3.8, 4) is 0 Å². The quantitative estimate of drug-likeness (QED) is 0.0254. The van der Waals surface area contributed by atoms with E-state index < -0.39 is 57.5 Å². The number of anilines is 1. The second-order valence-electron chi connectivity index (χ2n) is 14.2. The molecule has 1 unspecified atom stereocenters. The van der Waals surface area contributed by atoms with E-state index >= 15 is 0 Å². The third-order valence-corrected chi connectivity index (χ3v) is 10.7. The molecule has 308 valence electrons. The van der Waals surface area contributed by atoms with Gasteiger partial charge in [-0.3, -0.25) is 23.2 Å². The highest BCUT2D eigenvalue weighted by molar-refractivity contribution is 7.71. The van der Waals surface area contributed by atoms with Gasteiger partial charge < -0.3 is 34.9 Å². The zero-order chi connectivity index (χ0) is 39.2. The number of H-pyrrole nitrogens is 1. The molecule has 2 aromatic rings. The number of nitrogen functional groups attached to an aromatic ring is 1. The lowest BCUT2D eigenvalue weighted by Crippen LogP contribution is -2.30. The van der Waals surface area contributed by atoms with Crippen molar-refractivity contribution in [2.24, 2.45) is 0 Å². The molecule has 17 heteroatoms. The molecule has 0 aromatic carbocycles. The number of aliphatic hydroxyl groups excluding tert-OH is 1. The topological polar surface area (TPSA) is 210 Å². The molecular formula is C37H64N5O10PS. The second-order valence-corrected chi connectivity index (χ2v) is 16.1. The van der Waals surface area contributed by atoms with Crippen LogP contribution < -0.4 is 5.73 Å². The minimum absolute atomic E-state index is 0.0899. The summed E-state index contributed by atoms with van der Waals surface area (Å²) in [4.78, 5) is 46.8. The largest absolute Gasteiger partial charge is 0.472 e. The van der Waals surface area contributed by atoms with E-state index in [1.54, 1.807) is 4.57 Å². The molecule has 0 radical (unpaired) electrons. The van der Waals surface area contributed by atoms with Crippen LogP contribution in [-0.4, -0.2) is 79.6 Å². The fraction of sp³-hybridized carbons (Fsp3) is 0.811. The van der Waals surface area contributed by atoms with Gasteiger partial charge in [0.2, 0.25) is 0 Å². The van der Waals surface area contributed by atoms with Gasteiger partial charge in [-0.2, -0.15) is 0 Å². The number of phosphoric acid groups is 1. The number of carbonyl (C=O) groups is 2. The standard InChI is InChI=1S/C37H64N5O10PS/c1-3-5-7-9-11-13-15-17-19-21-32(44)48-24-28(51-33(45)22-20-18-16-14-12-10-8-6-4-2)25-49-53(46,47)50-26-30-29(43)23-31(52-30)42-27-39-34-35(42)40-37(38)41-36(34)54/h27-31,43H,3-26H2,1-2H3,(H,46,47)(H3,38,40,41,54)/t28-,29+,30-,31-/m1/s1. The first-order valence-electron chi connectivity index (χ1n) is 20.1. The van der Waals surface area contributed by atoms with Crippen molar-refractivity contribution in [3.05, 3.63) is 11.0 Å². The number of carbonyl (C=O) groups excluding carboxylic acids is 2. The van der Waals surface area contributed by atoms with Crippen LogP contribution in [0.25, 0.3) is 11.2 Å². The highest BCUT2D eigenvalue weighted by Gasteiger charge is 2.38. The van der Waals surface area contributed by atoms with Crippen molar-refractivity contribution in [2.45, 2.75) is 173 Å². The van der Waals surface area contributed by atoms with Crippen molar-refractivity contribution in [1.82, 2.24) is 19.5 Å². The molecule has 0 saturated carbocycles. The average Bonchev–Trinajstić information content (AvgIpc) is 3.73. The second kappa shape index (κ2) is 25.6. The zero-order valence-electron chi connectivity index (χ0n) is 32.3. The van der Waals surface area contributed by atoms with Crippen molar-refractivity contribution >= 4 is 49.1 Å². The number of imidazole rings is 1. The summed E-state index contributed by atoms with van der Waals surface area (Å²) in [6.45, 7) is 3.05. The molecule has 5 atom stereocenters. The first-order valence-corrected chi connectivity index (χ1v) is 22.0. The molecule has 54 heavy (non-hydrogen) atoms. The van der Waals surface area contributed by atoms with E-state index in [2.05, 4.69) is 28.8 Å². The third kappa shape index (κ3) is 17.6. The zero-order valence-corrected chi connectivity index (χ0v) is 34.0. The lowest BCUT2D eigenvalue weighted by atomic mass is 10.1. The number of fused-ring (bicyclic) bond motifs is 1. The van der Waals surface area contributed by atoms with Gasteiger partial charge in [0, 0.05) is 19.3 Å². The summed E-state index contributed by atoms with van der Waals surface area (Å²) in [5, 5.41) is 10.7. The third-order valence-electron chi connectivity index (χ3n) is 9.50. The number of nitrogens with zero attached hydrogens (tertiary/aromatic N) is 3. The Labute approximate surface area is 325 Å². The first-order chi connectivity index (χ1) is 26.0. The normalized spacial score (nSPS) is 18.9. The Morgan fingerprint density at radius 2 is 1.48 bits per heavy atom. The summed E-state index contributed by atoms with van der Waals surface area (Å²) in [7, 11) is -4.72. The van der Waals surface area contributed by atoms with Crippen molar-refractivity contribution in [1.29, 1.82) is 0 Å². The average molecular weight is 802 g/mol. The van der Waals surface area contributed by atoms with E-state index in [9.17, 15) is 24.2 Å². The number of phosphoric ester groups is 1. The maximum Gasteiger partial charge on any atom is 0.472 e. The molecule has 3 heterocycles. The predicted octanol–water partition coefficient (Wildman–Crippen LogP) is 8.15.